The van der Waals surface area contributed by atoms with Crippen molar-refractivity contribution in [2.75, 3.05) is 25.1 Å². The molecule has 2 saturated heterocycles. The molecule has 0 aliphatic carbocycles. The minimum absolute atomic E-state index is 0.0980. The third-order valence-electron chi connectivity index (χ3n) is 7.13. The van der Waals surface area contributed by atoms with Crippen LogP contribution in [0.25, 0.3) is 11.3 Å². The minimum Gasteiger partial charge on any atom is -0.462 e. The van der Waals surface area contributed by atoms with Crippen LogP contribution in [0.1, 0.15) is 48.0 Å². The van der Waals surface area contributed by atoms with Crippen LogP contribution in [0.2, 0.25) is 0 Å². The van der Waals surface area contributed by atoms with Crippen LogP contribution >= 0.6 is 0 Å². The molecule has 3 atom stereocenters. The Morgan fingerprint density at radius 3 is 2.59 bits per heavy atom. The van der Waals surface area contributed by atoms with E-state index in [0.717, 1.165) is 24.3 Å². The Morgan fingerprint density at radius 2 is 1.88 bits per heavy atom. The van der Waals surface area contributed by atoms with Gasteiger partial charge in [0.2, 0.25) is 5.79 Å². The number of benzene rings is 1. The van der Waals surface area contributed by atoms with E-state index in [9.17, 15) is 18.7 Å². The first-order valence-corrected chi connectivity index (χ1v) is 13.0. The quantitative estimate of drug-likeness (QED) is 0.298. The lowest BCUT2D eigenvalue weighted by atomic mass is 10.0. The van der Waals surface area contributed by atoms with E-state index in [1.807, 2.05) is 0 Å². The molecule has 1 aromatic carbocycles. The molecule has 1 amide bonds. The second kappa shape index (κ2) is 11.7. The van der Waals surface area contributed by atoms with Crippen LogP contribution in [0.5, 0.6) is 5.75 Å². The Balaban J connectivity index is 1.38. The molecular formula is C27H29F4N5O5. The standard InChI is InChI=1S/C27H29F4N5O5/c1-36-25(22-5-3-19(32)18(31)13-40-22)21(12-33-36)35-26(37)20-4-2-15(28)24(34-20)23-16(29)10-14(11-17(23)30)41-27(38)6-8-39-9-7-27/h2,4,10-12,18-19,22,38H,3,5-9,13,32H2,1H3,(H,35,37)/t18-,19-,22+/m1/s1. The number of hydrogen-bond acceptors (Lipinski definition) is 8. The lowest BCUT2D eigenvalue weighted by Gasteiger charge is -2.32. The maximum Gasteiger partial charge on any atom is 0.274 e. The van der Waals surface area contributed by atoms with Crippen LogP contribution in [0.3, 0.4) is 0 Å². The topological polar surface area (TPSA) is 134 Å². The van der Waals surface area contributed by atoms with Crippen molar-refractivity contribution in [3.63, 3.8) is 0 Å². The van der Waals surface area contributed by atoms with Crippen LogP contribution < -0.4 is 15.8 Å². The number of aromatic nitrogens is 3. The average molecular weight is 580 g/mol. The van der Waals surface area contributed by atoms with E-state index < -0.39 is 58.7 Å². The number of carbonyl (C=O) groups excluding carboxylic acids is 1. The maximum atomic E-state index is 15.1. The normalized spacial score (nSPS) is 22.7. The molecule has 0 spiro atoms. The highest BCUT2D eigenvalue weighted by molar-refractivity contribution is 6.03. The molecule has 0 saturated carbocycles. The van der Waals surface area contributed by atoms with E-state index >= 15 is 8.78 Å². The highest BCUT2D eigenvalue weighted by Gasteiger charge is 2.33. The SMILES string of the molecule is Cn1ncc(NC(=O)c2ccc(F)c(-c3c(F)cc(OC4(O)CCOCC4)cc3F)n2)c1[C@@H]1CC[C@@H](N)[C@H](F)CO1. The number of ether oxygens (including phenoxy) is 3. The van der Waals surface area contributed by atoms with Gasteiger partial charge in [-0.25, -0.2) is 22.5 Å². The van der Waals surface area contributed by atoms with Crippen LogP contribution in [-0.2, 0) is 16.5 Å². The summed E-state index contributed by atoms with van der Waals surface area (Å²) < 4.78 is 76.7. The number of aryl methyl sites for hydroxylation is 1. The van der Waals surface area contributed by atoms with Gasteiger partial charge in [0.05, 0.1) is 43.0 Å². The second-order valence-electron chi connectivity index (χ2n) is 10.0. The fourth-order valence-electron chi connectivity index (χ4n) is 4.86. The Bertz CT molecular complexity index is 1400. The molecule has 41 heavy (non-hydrogen) atoms. The van der Waals surface area contributed by atoms with Crippen LogP contribution in [-0.4, -0.2) is 63.6 Å². The third kappa shape index (κ3) is 6.20. The van der Waals surface area contributed by atoms with Gasteiger partial charge in [0.15, 0.2) is 0 Å². The van der Waals surface area contributed by atoms with E-state index in [-0.39, 0.29) is 49.8 Å². The molecule has 14 heteroatoms. The number of nitrogens with two attached hydrogens (primary N) is 1. The summed E-state index contributed by atoms with van der Waals surface area (Å²) in [6.45, 7) is 0.204. The van der Waals surface area contributed by atoms with Gasteiger partial charge in [-0.1, -0.05) is 0 Å². The van der Waals surface area contributed by atoms with E-state index in [4.69, 9.17) is 19.9 Å². The van der Waals surface area contributed by atoms with Crippen molar-refractivity contribution < 1.29 is 41.7 Å². The zero-order valence-electron chi connectivity index (χ0n) is 22.1. The summed E-state index contributed by atoms with van der Waals surface area (Å²) >= 11 is 0. The lowest BCUT2D eigenvalue weighted by molar-refractivity contribution is -0.187. The van der Waals surface area contributed by atoms with Crippen molar-refractivity contribution >= 4 is 11.6 Å². The number of anilines is 1. The molecule has 4 heterocycles. The Kier molecular flexibility index (Phi) is 8.27. The predicted molar refractivity (Wildman–Crippen MR) is 137 cm³/mol. The number of halogens is 4. The lowest BCUT2D eigenvalue weighted by Crippen LogP contribution is -2.41. The van der Waals surface area contributed by atoms with Crippen molar-refractivity contribution in [1.29, 1.82) is 0 Å². The molecule has 3 aromatic rings. The van der Waals surface area contributed by atoms with Gasteiger partial charge in [0.25, 0.3) is 5.91 Å². The maximum absolute atomic E-state index is 15.1. The van der Waals surface area contributed by atoms with Crippen molar-refractivity contribution in [1.82, 2.24) is 14.8 Å². The monoisotopic (exact) mass is 579 g/mol. The fraction of sp³-hybridized carbons (Fsp3) is 0.444. The summed E-state index contributed by atoms with van der Waals surface area (Å²) in [5.41, 5.74) is 4.64. The summed E-state index contributed by atoms with van der Waals surface area (Å²) in [4.78, 5) is 17.0. The van der Waals surface area contributed by atoms with E-state index in [0.29, 0.717) is 18.5 Å². The largest absolute Gasteiger partial charge is 0.462 e. The molecule has 220 valence electrons. The van der Waals surface area contributed by atoms with Crippen LogP contribution in [0.15, 0.2) is 30.5 Å². The molecule has 0 bridgehead atoms. The van der Waals surface area contributed by atoms with Gasteiger partial charge in [-0.15, -0.1) is 0 Å². The number of alkyl halides is 1. The minimum atomic E-state index is -1.66. The van der Waals surface area contributed by atoms with E-state index in [1.54, 1.807) is 7.05 Å². The number of carbonyl (C=O) groups is 1. The van der Waals surface area contributed by atoms with Gasteiger partial charge < -0.3 is 30.4 Å². The summed E-state index contributed by atoms with van der Waals surface area (Å²) in [7, 11) is 1.62. The Morgan fingerprint density at radius 1 is 1.17 bits per heavy atom. The number of rotatable bonds is 6. The first-order valence-electron chi connectivity index (χ1n) is 13.0. The number of nitrogens with one attached hydrogen (secondary N) is 1. The number of hydrogen-bond donors (Lipinski definition) is 3. The number of pyridine rings is 1. The third-order valence-corrected chi connectivity index (χ3v) is 7.13. The Hall–Kier alpha value is -3.59. The Labute approximate surface area is 232 Å². The van der Waals surface area contributed by atoms with Crippen molar-refractivity contribution in [3.05, 3.63) is 59.3 Å². The zero-order chi connectivity index (χ0) is 29.3. The smallest absolute Gasteiger partial charge is 0.274 e. The van der Waals surface area contributed by atoms with Gasteiger partial charge >= 0.3 is 0 Å². The number of aliphatic hydroxyl groups is 1. The molecule has 2 aromatic heterocycles. The summed E-state index contributed by atoms with van der Waals surface area (Å²) in [6.07, 6.45) is 0.351. The van der Waals surface area contributed by atoms with E-state index in [2.05, 4.69) is 15.4 Å². The fourth-order valence-corrected chi connectivity index (χ4v) is 4.86. The molecule has 2 aliphatic heterocycles. The molecule has 10 nitrogen and oxygen atoms in total. The molecule has 5 rings (SSSR count). The van der Waals surface area contributed by atoms with Crippen molar-refractivity contribution in [3.8, 4) is 17.0 Å². The summed E-state index contributed by atoms with van der Waals surface area (Å²) in [6, 6.07) is 2.87. The number of nitrogens with zero attached hydrogens (tertiary/aromatic N) is 3. The molecule has 2 aliphatic rings. The summed E-state index contributed by atoms with van der Waals surface area (Å²) in [5, 5.41) is 17.3. The summed E-state index contributed by atoms with van der Waals surface area (Å²) in [5.74, 6) is -6.24. The molecule has 0 radical (unpaired) electrons. The van der Waals surface area contributed by atoms with Gasteiger partial charge in [-0.3, -0.25) is 9.48 Å². The van der Waals surface area contributed by atoms with Crippen molar-refractivity contribution in [2.24, 2.45) is 12.8 Å². The van der Waals surface area contributed by atoms with Crippen LogP contribution in [0.4, 0.5) is 23.2 Å². The van der Waals surface area contributed by atoms with Gasteiger partial charge in [-0.05, 0) is 25.0 Å². The molecule has 4 N–H and O–H groups in total. The van der Waals surface area contributed by atoms with Gasteiger partial charge in [0.1, 0.15) is 46.9 Å². The first kappa shape index (κ1) is 28.9. The highest BCUT2D eigenvalue weighted by atomic mass is 19.1. The van der Waals surface area contributed by atoms with Crippen LogP contribution in [0, 0.1) is 17.5 Å². The average Bonchev–Trinajstić information content (AvgIpc) is 3.19. The first-order chi connectivity index (χ1) is 19.5. The van der Waals surface area contributed by atoms with E-state index in [1.165, 1.54) is 10.9 Å². The molecule has 0 unspecified atom stereocenters. The van der Waals surface area contributed by atoms with Gasteiger partial charge in [0, 0.05) is 38.1 Å². The van der Waals surface area contributed by atoms with Crippen molar-refractivity contribution in [2.45, 2.75) is 49.8 Å². The predicted octanol–water partition coefficient (Wildman–Crippen LogP) is 3.55. The molecular weight excluding hydrogens is 550 g/mol. The highest BCUT2D eigenvalue weighted by Crippen LogP contribution is 2.35. The van der Waals surface area contributed by atoms with Gasteiger partial charge in [-0.2, -0.15) is 5.10 Å². The zero-order valence-corrected chi connectivity index (χ0v) is 22.1. The number of amides is 1. The molecule has 2 fully saturated rings. The second-order valence-corrected chi connectivity index (χ2v) is 10.0.